The van der Waals surface area contributed by atoms with Gasteiger partial charge in [-0.05, 0) is 20.9 Å². The van der Waals surface area contributed by atoms with E-state index >= 15 is 0 Å². The Hall–Kier alpha value is -0.870. The smallest absolute Gasteiger partial charge is 0.332 e. The first-order chi connectivity index (χ1) is 5.81. The number of carboxylic acid groups (broad SMARTS) is 1. The van der Waals surface area contributed by atoms with Crippen molar-refractivity contribution in [3.63, 3.8) is 0 Å². The highest BCUT2D eigenvalue weighted by Crippen LogP contribution is 2.12. The van der Waals surface area contributed by atoms with Crippen molar-refractivity contribution in [2.24, 2.45) is 0 Å². The van der Waals surface area contributed by atoms with Crippen LogP contribution in [0.1, 0.15) is 13.8 Å². The van der Waals surface area contributed by atoms with Crippen LogP contribution in [-0.4, -0.2) is 46.8 Å². The van der Waals surface area contributed by atoms with E-state index in [4.69, 9.17) is 10.2 Å². The minimum absolute atomic E-state index is 0.0175. The fraction of sp³-hybridized carbons (Fsp3) is 0.667. The topological polar surface area (TPSA) is 60.8 Å². The van der Waals surface area contributed by atoms with Crippen LogP contribution in [0.25, 0.3) is 0 Å². The summed E-state index contributed by atoms with van der Waals surface area (Å²) >= 11 is 0. The molecule has 0 saturated carbocycles. The van der Waals surface area contributed by atoms with Gasteiger partial charge in [0.15, 0.2) is 0 Å². The number of hydrogen-bond donors (Lipinski definition) is 2. The van der Waals surface area contributed by atoms with Crippen molar-refractivity contribution in [2.75, 3.05) is 20.2 Å². The van der Waals surface area contributed by atoms with Crippen LogP contribution in [0.4, 0.5) is 0 Å². The molecule has 4 heteroatoms. The van der Waals surface area contributed by atoms with E-state index < -0.39 is 11.5 Å². The van der Waals surface area contributed by atoms with E-state index in [1.807, 2.05) is 13.8 Å². The maximum atomic E-state index is 10.5. The quantitative estimate of drug-likeness (QED) is 0.609. The number of carboxylic acids is 1. The second-order valence-corrected chi connectivity index (χ2v) is 3.74. The summed E-state index contributed by atoms with van der Waals surface area (Å²) in [6.45, 7) is 7.33. The zero-order chi connectivity index (χ0) is 10.6. The van der Waals surface area contributed by atoms with Gasteiger partial charge in [-0.25, -0.2) is 4.79 Å². The van der Waals surface area contributed by atoms with E-state index in [0.717, 1.165) is 0 Å². The first kappa shape index (κ1) is 12.1. The number of aliphatic carboxylic acids is 1. The number of aliphatic hydroxyl groups is 1. The van der Waals surface area contributed by atoms with Crippen molar-refractivity contribution in [1.29, 1.82) is 0 Å². The van der Waals surface area contributed by atoms with Crippen LogP contribution in [0, 0.1) is 0 Å². The molecule has 0 aromatic carbocycles. The Bertz CT molecular complexity index is 211. The minimum Gasteiger partial charge on any atom is -0.478 e. The third kappa shape index (κ3) is 3.57. The average molecular weight is 187 g/mol. The maximum Gasteiger partial charge on any atom is 0.332 e. The molecule has 0 spiro atoms. The monoisotopic (exact) mass is 187 g/mol. The fourth-order valence-corrected chi connectivity index (χ4v) is 0.689. The van der Waals surface area contributed by atoms with E-state index in [1.165, 1.54) is 0 Å². The summed E-state index contributed by atoms with van der Waals surface area (Å²) in [5.74, 6) is -0.999. The number of hydrogen-bond acceptors (Lipinski definition) is 3. The Morgan fingerprint density at radius 3 is 2.31 bits per heavy atom. The number of nitrogens with zero attached hydrogens (tertiary/aromatic N) is 1. The molecule has 0 aliphatic heterocycles. The fourth-order valence-electron chi connectivity index (χ4n) is 0.689. The van der Waals surface area contributed by atoms with E-state index in [0.29, 0.717) is 0 Å². The lowest BCUT2D eigenvalue weighted by molar-refractivity contribution is -0.133. The summed E-state index contributed by atoms with van der Waals surface area (Å²) in [7, 11) is 1.75. The average Bonchev–Trinajstić information content (AvgIpc) is 2.04. The molecule has 0 atom stereocenters. The lowest BCUT2D eigenvalue weighted by Gasteiger charge is -2.33. The molecule has 13 heavy (non-hydrogen) atoms. The molecule has 0 aliphatic rings. The standard InChI is InChI=1S/C9H17NO3/c1-7(8(12)13)5-10(4)9(2,3)6-11/h11H,1,5-6H2,2-4H3,(H,12,13). The third-order valence-electron chi connectivity index (χ3n) is 2.15. The van der Waals surface area contributed by atoms with Crippen molar-refractivity contribution in [3.8, 4) is 0 Å². The summed E-state index contributed by atoms with van der Waals surface area (Å²) in [6.07, 6.45) is 0. The van der Waals surface area contributed by atoms with Gasteiger partial charge < -0.3 is 10.2 Å². The van der Waals surface area contributed by atoms with E-state index in [9.17, 15) is 4.79 Å². The molecule has 0 bridgehead atoms. The zero-order valence-electron chi connectivity index (χ0n) is 8.37. The first-order valence-electron chi connectivity index (χ1n) is 4.04. The third-order valence-corrected chi connectivity index (χ3v) is 2.15. The lowest BCUT2D eigenvalue weighted by Crippen LogP contribution is -2.45. The second-order valence-electron chi connectivity index (χ2n) is 3.74. The predicted octanol–water partition coefficient (Wildman–Crippen LogP) is 0.330. The second kappa shape index (κ2) is 4.39. The molecule has 0 heterocycles. The van der Waals surface area contributed by atoms with E-state index in [1.54, 1.807) is 11.9 Å². The normalized spacial score (nSPS) is 11.8. The molecular weight excluding hydrogens is 170 g/mol. The number of rotatable bonds is 5. The Morgan fingerprint density at radius 2 is 2.00 bits per heavy atom. The summed E-state index contributed by atoms with van der Waals surface area (Å²) < 4.78 is 0. The molecule has 0 aliphatic carbocycles. The highest BCUT2D eigenvalue weighted by Gasteiger charge is 2.23. The zero-order valence-corrected chi connectivity index (χ0v) is 8.37. The largest absolute Gasteiger partial charge is 0.478 e. The molecule has 0 aromatic heterocycles. The summed E-state index contributed by atoms with van der Waals surface area (Å²) in [5.41, 5.74) is -0.290. The Labute approximate surface area is 78.5 Å². The van der Waals surface area contributed by atoms with Gasteiger partial charge in [-0.1, -0.05) is 6.58 Å². The van der Waals surface area contributed by atoms with E-state index in [2.05, 4.69) is 6.58 Å². The van der Waals surface area contributed by atoms with Crippen LogP contribution in [0.5, 0.6) is 0 Å². The Balaban J connectivity index is 4.23. The van der Waals surface area contributed by atoms with Crippen LogP contribution in [0.2, 0.25) is 0 Å². The van der Waals surface area contributed by atoms with Gasteiger partial charge >= 0.3 is 5.97 Å². The van der Waals surface area contributed by atoms with Gasteiger partial charge in [0.2, 0.25) is 0 Å². The molecule has 2 N–H and O–H groups in total. The number of likely N-dealkylation sites (N-methyl/N-ethyl adjacent to an activating group) is 1. The summed E-state index contributed by atoms with van der Waals surface area (Å²) in [4.78, 5) is 12.2. The number of aliphatic hydroxyl groups excluding tert-OH is 1. The van der Waals surface area contributed by atoms with Gasteiger partial charge in [0.05, 0.1) is 6.61 Å². The van der Waals surface area contributed by atoms with E-state index in [-0.39, 0.29) is 18.7 Å². The molecule has 0 amide bonds. The molecule has 0 rings (SSSR count). The summed E-state index contributed by atoms with van der Waals surface area (Å²) in [5, 5.41) is 17.6. The molecule has 0 aromatic rings. The van der Waals surface area contributed by atoms with Gasteiger partial charge in [-0.2, -0.15) is 0 Å². The summed E-state index contributed by atoms with van der Waals surface area (Å²) in [6, 6.07) is 0. The van der Waals surface area contributed by atoms with Crippen molar-refractivity contribution in [2.45, 2.75) is 19.4 Å². The van der Waals surface area contributed by atoms with Gasteiger partial charge in [0.1, 0.15) is 0 Å². The minimum atomic E-state index is -0.999. The van der Waals surface area contributed by atoms with Crippen molar-refractivity contribution < 1.29 is 15.0 Å². The van der Waals surface area contributed by atoms with Crippen molar-refractivity contribution in [1.82, 2.24) is 4.90 Å². The van der Waals surface area contributed by atoms with Crippen LogP contribution >= 0.6 is 0 Å². The van der Waals surface area contributed by atoms with Gasteiger partial charge in [-0.3, -0.25) is 4.90 Å². The first-order valence-corrected chi connectivity index (χ1v) is 4.04. The Morgan fingerprint density at radius 1 is 1.54 bits per heavy atom. The molecule has 0 fully saturated rings. The molecule has 0 unspecified atom stereocenters. The van der Waals surface area contributed by atoms with Crippen LogP contribution in [0.3, 0.4) is 0 Å². The molecule has 76 valence electrons. The van der Waals surface area contributed by atoms with Crippen molar-refractivity contribution in [3.05, 3.63) is 12.2 Å². The van der Waals surface area contributed by atoms with Crippen LogP contribution < -0.4 is 0 Å². The highest BCUT2D eigenvalue weighted by molar-refractivity contribution is 5.86. The highest BCUT2D eigenvalue weighted by atomic mass is 16.4. The van der Waals surface area contributed by atoms with Gasteiger partial charge in [-0.15, -0.1) is 0 Å². The molecule has 4 nitrogen and oxygen atoms in total. The molecular formula is C9H17NO3. The molecule has 0 radical (unpaired) electrons. The van der Waals surface area contributed by atoms with Crippen LogP contribution in [0.15, 0.2) is 12.2 Å². The lowest BCUT2D eigenvalue weighted by atomic mass is 10.0. The SMILES string of the molecule is C=C(CN(C)C(C)(C)CO)C(=O)O. The van der Waals surface area contributed by atoms with Gasteiger partial charge in [0.25, 0.3) is 0 Å². The maximum absolute atomic E-state index is 10.5. The van der Waals surface area contributed by atoms with Crippen molar-refractivity contribution >= 4 is 5.97 Å². The molecule has 0 saturated heterocycles. The van der Waals surface area contributed by atoms with Gasteiger partial charge in [0, 0.05) is 17.7 Å². The Kier molecular flexibility index (Phi) is 4.10. The number of carbonyl (C=O) groups is 1. The van der Waals surface area contributed by atoms with Crippen LogP contribution in [-0.2, 0) is 4.79 Å². The predicted molar refractivity (Wildman–Crippen MR) is 50.6 cm³/mol.